The second-order valence-corrected chi connectivity index (χ2v) is 12.3. The predicted molar refractivity (Wildman–Crippen MR) is 185 cm³/mol. The number of hydrogen-bond acceptors (Lipinski definition) is 10. The molecule has 0 saturated carbocycles. The van der Waals surface area contributed by atoms with Crippen LogP contribution in [0.4, 0.5) is 0 Å². The van der Waals surface area contributed by atoms with Crippen LogP contribution >= 0.6 is 11.8 Å². The normalized spacial score (nSPS) is 19.8. The van der Waals surface area contributed by atoms with Crippen molar-refractivity contribution < 1.29 is 42.9 Å². The molecule has 0 radical (unpaired) electrons. The largest absolute Gasteiger partial charge is 0.459 e. The Hall–Kier alpha value is -5.71. The highest BCUT2D eigenvalue weighted by atomic mass is 32.2. The van der Waals surface area contributed by atoms with Gasteiger partial charge in [-0.05, 0) is 60.7 Å². The lowest BCUT2D eigenvalue weighted by Crippen LogP contribution is -2.61. The molecule has 252 valence electrons. The van der Waals surface area contributed by atoms with Crippen LogP contribution in [0, 0.1) is 0 Å². The van der Waals surface area contributed by atoms with E-state index in [1.54, 1.807) is 121 Å². The number of esters is 4. The molecule has 0 amide bonds. The van der Waals surface area contributed by atoms with Gasteiger partial charge in [-0.1, -0.05) is 103 Å². The quantitative estimate of drug-likeness (QED) is 0.106. The Morgan fingerprint density at radius 1 is 0.460 bits per heavy atom. The number of benzene rings is 5. The molecule has 0 aromatic heterocycles. The molecule has 1 heterocycles. The molecule has 1 aliphatic heterocycles. The zero-order valence-electron chi connectivity index (χ0n) is 26.6. The predicted octanol–water partition coefficient (Wildman–Crippen LogP) is 7.04. The molecule has 5 aromatic rings. The van der Waals surface area contributed by atoms with Gasteiger partial charge in [0.2, 0.25) is 0 Å². The first-order chi connectivity index (χ1) is 24.5. The molecule has 0 spiro atoms. The Bertz CT molecular complexity index is 1870. The van der Waals surface area contributed by atoms with Gasteiger partial charge in [-0.15, -0.1) is 0 Å². The first-order valence-electron chi connectivity index (χ1n) is 15.8. The lowest BCUT2D eigenvalue weighted by molar-refractivity contribution is -0.207. The molecule has 1 unspecified atom stereocenters. The van der Waals surface area contributed by atoms with Crippen LogP contribution in [-0.2, 0) is 23.7 Å². The van der Waals surface area contributed by atoms with Gasteiger partial charge in [0.15, 0.2) is 18.3 Å². The summed E-state index contributed by atoms with van der Waals surface area (Å²) in [4.78, 5) is 54.7. The van der Waals surface area contributed by atoms with E-state index < -0.39 is 53.7 Å². The van der Waals surface area contributed by atoms with Crippen LogP contribution < -0.4 is 0 Å². The minimum absolute atomic E-state index is 0.222. The van der Waals surface area contributed by atoms with Crippen LogP contribution in [0.1, 0.15) is 41.4 Å². The van der Waals surface area contributed by atoms with E-state index in [1.807, 2.05) is 30.3 Å². The van der Waals surface area contributed by atoms with Gasteiger partial charge in [0.1, 0.15) is 18.1 Å². The molecular formula is C40H32O9S. The van der Waals surface area contributed by atoms with E-state index >= 15 is 0 Å². The molecule has 5 atom stereocenters. The maximum absolute atomic E-state index is 13.7. The molecular weight excluding hydrogens is 656 g/mol. The van der Waals surface area contributed by atoms with Gasteiger partial charge in [0.25, 0.3) is 0 Å². The summed E-state index contributed by atoms with van der Waals surface area (Å²) in [5.74, 6) is -2.84. The van der Waals surface area contributed by atoms with Gasteiger partial charge < -0.3 is 23.7 Å². The van der Waals surface area contributed by atoms with Crippen molar-refractivity contribution in [2.24, 2.45) is 0 Å². The van der Waals surface area contributed by atoms with Gasteiger partial charge >= 0.3 is 23.9 Å². The fourth-order valence-electron chi connectivity index (χ4n) is 5.26. The number of rotatable bonds is 11. The van der Waals surface area contributed by atoms with Crippen LogP contribution in [0.15, 0.2) is 157 Å². The van der Waals surface area contributed by atoms with E-state index in [-0.39, 0.29) is 23.3 Å². The average molecular weight is 689 g/mol. The van der Waals surface area contributed by atoms with Crippen molar-refractivity contribution in [3.05, 3.63) is 174 Å². The van der Waals surface area contributed by atoms with Crippen molar-refractivity contribution in [2.45, 2.75) is 34.7 Å². The minimum Gasteiger partial charge on any atom is -0.459 e. The summed E-state index contributed by atoms with van der Waals surface area (Å²) < 4.78 is 30.5. The zero-order chi connectivity index (χ0) is 34.7. The molecule has 50 heavy (non-hydrogen) atoms. The zero-order valence-corrected chi connectivity index (χ0v) is 27.4. The van der Waals surface area contributed by atoms with Crippen molar-refractivity contribution in [1.29, 1.82) is 0 Å². The fourth-order valence-corrected chi connectivity index (χ4v) is 6.38. The Morgan fingerprint density at radius 3 is 1.26 bits per heavy atom. The standard InChI is InChI=1S/C40H32O9S/c41-36(27-16-6-1-7-17-27)45-26-32-33(47-37(42)28-18-8-2-9-19-28)34(48-38(43)29-20-10-3-11-21-29)35(49-39(44)30-22-12-4-13-23-30)40(46-32)50-31-24-14-5-15-25-31/h1-25,32-35,40H,26H2/t32-,33+,34+,35-,40?/m1/s1. The maximum Gasteiger partial charge on any atom is 0.338 e. The number of carbonyl (C=O) groups excluding carboxylic acids is 4. The first-order valence-corrected chi connectivity index (χ1v) is 16.7. The van der Waals surface area contributed by atoms with Gasteiger partial charge in [0.05, 0.1) is 22.3 Å². The monoisotopic (exact) mass is 688 g/mol. The van der Waals surface area contributed by atoms with E-state index in [1.165, 1.54) is 11.8 Å². The second kappa shape index (κ2) is 16.6. The van der Waals surface area contributed by atoms with Crippen molar-refractivity contribution in [3.8, 4) is 0 Å². The summed E-state index contributed by atoms with van der Waals surface area (Å²) in [6, 6.07) is 42.5. The highest BCUT2D eigenvalue weighted by molar-refractivity contribution is 7.99. The topological polar surface area (TPSA) is 114 Å². The van der Waals surface area contributed by atoms with Crippen LogP contribution in [0.5, 0.6) is 0 Å². The Morgan fingerprint density at radius 2 is 0.820 bits per heavy atom. The third-order valence-corrected chi connectivity index (χ3v) is 8.89. The lowest BCUT2D eigenvalue weighted by atomic mass is 9.98. The molecule has 9 nitrogen and oxygen atoms in total. The minimum atomic E-state index is -1.40. The van der Waals surface area contributed by atoms with Crippen molar-refractivity contribution in [1.82, 2.24) is 0 Å². The molecule has 6 rings (SSSR count). The van der Waals surface area contributed by atoms with E-state index in [4.69, 9.17) is 23.7 Å². The SMILES string of the molecule is O=C(OC[C@H]1OC(Sc2ccccc2)[C@H](OC(=O)c2ccccc2)[C@@H](OC(=O)c2ccccc2)[C@H]1OC(=O)c1ccccc1)c1ccccc1. The summed E-state index contributed by atoms with van der Waals surface area (Å²) >= 11 is 1.22. The molecule has 1 aliphatic rings. The first kappa shape index (κ1) is 34.2. The maximum atomic E-state index is 13.7. The summed E-state index contributed by atoms with van der Waals surface area (Å²) in [6.45, 7) is -0.384. The molecule has 1 fully saturated rings. The number of hydrogen-bond donors (Lipinski definition) is 0. The molecule has 10 heteroatoms. The summed E-state index contributed by atoms with van der Waals surface area (Å²) in [7, 11) is 0. The molecule has 0 bridgehead atoms. The molecule has 0 N–H and O–H groups in total. The molecule has 0 aliphatic carbocycles. The number of ether oxygens (including phenoxy) is 5. The van der Waals surface area contributed by atoms with E-state index in [0.717, 1.165) is 4.90 Å². The summed E-state index contributed by atoms with van der Waals surface area (Å²) in [5.41, 5.74) is -0.0106. The lowest BCUT2D eigenvalue weighted by Gasteiger charge is -2.44. The number of thioether (sulfide) groups is 1. The van der Waals surface area contributed by atoms with Gasteiger partial charge in [0, 0.05) is 4.90 Å². The average Bonchev–Trinajstić information content (AvgIpc) is 3.17. The van der Waals surface area contributed by atoms with Crippen molar-refractivity contribution >= 4 is 35.6 Å². The van der Waals surface area contributed by atoms with Gasteiger partial charge in [-0.2, -0.15) is 0 Å². The fraction of sp³-hybridized carbons (Fsp3) is 0.150. The van der Waals surface area contributed by atoms with E-state index in [2.05, 4.69) is 0 Å². The summed E-state index contributed by atoms with van der Waals surface area (Å²) in [6.07, 6.45) is -5.24. The highest BCUT2D eigenvalue weighted by Crippen LogP contribution is 2.38. The number of carbonyl (C=O) groups is 4. The Balaban J connectivity index is 1.41. The van der Waals surface area contributed by atoms with Crippen LogP contribution in [0.3, 0.4) is 0 Å². The summed E-state index contributed by atoms with van der Waals surface area (Å²) in [5, 5.41) is 0. The van der Waals surface area contributed by atoms with Crippen LogP contribution in [-0.4, -0.2) is 60.3 Å². The molecule has 1 saturated heterocycles. The van der Waals surface area contributed by atoms with Gasteiger partial charge in [-0.3, -0.25) is 0 Å². The van der Waals surface area contributed by atoms with E-state index in [0.29, 0.717) is 5.56 Å². The van der Waals surface area contributed by atoms with E-state index in [9.17, 15) is 19.2 Å². The smallest absolute Gasteiger partial charge is 0.338 e. The third kappa shape index (κ3) is 8.65. The van der Waals surface area contributed by atoms with Gasteiger partial charge in [-0.25, -0.2) is 19.2 Å². The highest BCUT2D eigenvalue weighted by Gasteiger charge is 2.53. The molecule has 5 aromatic carbocycles. The Labute approximate surface area is 293 Å². The van der Waals surface area contributed by atoms with Crippen molar-refractivity contribution in [2.75, 3.05) is 6.61 Å². The van der Waals surface area contributed by atoms with Crippen LogP contribution in [0.2, 0.25) is 0 Å². The second-order valence-electron chi connectivity index (χ2n) is 11.1. The third-order valence-electron chi connectivity index (χ3n) is 7.73. The van der Waals surface area contributed by atoms with Crippen LogP contribution in [0.25, 0.3) is 0 Å². The van der Waals surface area contributed by atoms with Crippen molar-refractivity contribution in [3.63, 3.8) is 0 Å². The Kier molecular flexibility index (Phi) is 11.3.